The highest BCUT2D eigenvalue weighted by Gasteiger charge is 2.45. The number of nitrogens with one attached hydrogen (secondary N) is 1. The van der Waals surface area contributed by atoms with E-state index >= 15 is 0 Å². The van der Waals surface area contributed by atoms with Gasteiger partial charge in [-0.05, 0) is 57.4 Å². The molecule has 2 heterocycles. The summed E-state index contributed by atoms with van der Waals surface area (Å²) in [4.78, 5) is 15.5. The predicted molar refractivity (Wildman–Crippen MR) is 81.5 cm³/mol. The molecule has 0 spiro atoms. The second-order valence-electron chi connectivity index (χ2n) is 7.17. The molecule has 3 rings (SSSR count). The molecule has 3 fully saturated rings. The lowest BCUT2D eigenvalue weighted by molar-refractivity contribution is -0.145. The quantitative estimate of drug-likeness (QED) is 0.861. The molecule has 0 radical (unpaired) electrons. The maximum Gasteiger partial charge on any atom is 0.230 e. The van der Waals surface area contributed by atoms with Crippen molar-refractivity contribution in [1.29, 1.82) is 0 Å². The van der Waals surface area contributed by atoms with Crippen LogP contribution in [-0.4, -0.2) is 36.5 Å². The smallest absolute Gasteiger partial charge is 0.230 e. The number of carbonyl (C=O) groups excluding carboxylic acids is 1. The van der Waals surface area contributed by atoms with Gasteiger partial charge in [0.1, 0.15) is 0 Å². The molecule has 1 saturated carbocycles. The zero-order chi connectivity index (χ0) is 14.0. The van der Waals surface area contributed by atoms with Crippen molar-refractivity contribution in [2.75, 3.05) is 19.6 Å². The van der Waals surface area contributed by atoms with Gasteiger partial charge in [0.25, 0.3) is 0 Å². The molecule has 1 aliphatic carbocycles. The molecule has 2 saturated heterocycles. The third kappa shape index (κ3) is 2.49. The van der Waals surface area contributed by atoms with E-state index in [1.165, 1.54) is 38.5 Å². The summed E-state index contributed by atoms with van der Waals surface area (Å²) in [5, 5.41) is 3.47. The van der Waals surface area contributed by atoms with Crippen molar-refractivity contribution in [2.45, 2.75) is 70.8 Å². The molecule has 114 valence electrons. The maximum atomic E-state index is 13.2. The minimum Gasteiger partial charge on any atom is -0.339 e. The number of likely N-dealkylation sites (tertiary alicyclic amines) is 1. The average Bonchev–Trinajstić information content (AvgIpc) is 3.17. The molecule has 20 heavy (non-hydrogen) atoms. The number of amides is 1. The third-order valence-corrected chi connectivity index (χ3v) is 6.11. The van der Waals surface area contributed by atoms with Crippen LogP contribution in [0.1, 0.15) is 64.7 Å². The van der Waals surface area contributed by atoms with Crippen LogP contribution < -0.4 is 5.32 Å². The van der Waals surface area contributed by atoms with Crippen molar-refractivity contribution in [2.24, 2.45) is 11.3 Å². The van der Waals surface area contributed by atoms with Crippen LogP contribution in [0.4, 0.5) is 0 Å². The summed E-state index contributed by atoms with van der Waals surface area (Å²) in [5.41, 5.74) is -0.0978. The Kier molecular flexibility index (Phi) is 4.34. The first-order valence-corrected chi connectivity index (χ1v) is 8.79. The Morgan fingerprint density at radius 3 is 2.65 bits per heavy atom. The van der Waals surface area contributed by atoms with E-state index in [2.05, 4.69) is 17.1 Å². The maximum absolute atomic E-state index is 13.2. The zero-order valence-electron chi connectivity index (χ0n) is 13.0. The van der Waals surface area contributed by atoms with Gasteiger partial charge in [-0.3, -0.25) is 4.79 Å². The van der Waals surface area contributed by atoms with Crippen molar-refractivity contribution in [3.63, 3.8) is 0 Å². The van der Waals surface area contributed by atoms with Crippen LogP contribution in [-0.2, 0) is 4.79 Å². The molecule has 3 heteroatoms. The number of piperidine rings is 1. The third-order valence-electron chi connectivity index (χ3n) is 6.11. The number of nitrogens with zero attached hydrogens (tertiary/aromatic N) is 1. The second-order valence-corrected chi connectivity index (χ2v) is 7.17. The molecular formula is C17H30N2O. The molecule has 0 aromatic carbocycles. The lowest BCUT2D eigenvalue weighted by Crippen LogP contribution is -2.53. The standard InChI is InChI=1S/C17H30N2O/c1-2-17(10-6-11-18-13-17)16(20)19-12-5-9-15(19)14-7-3-4-8-14/h14-15,18H,2-13H2,1H3. The van der Waals surface area contributed by atoms with Crippen molar-refractivity contribution in [1.82, 2.24) is 10.2 Å². The first-order chi connectivity index (χ1) is 9.77. The highest BCUT2D eigenvalue weighted by Crippen LogP contribution is 2.40. The van der Waals surface area contributed by atoms with Crippen molar-refractivity contribution in [3.8, 4) is 0 Å². The van der Waals surface area contributed by atoms with Gasteiger partial charge in [0.05, 0.1) is 5.41 Å². The number of hydrogen-bond donors (Lipinski definition) is 1. The van der Waals surface area contributed by atoms with Gasteiger partial charge < -0.3 is 10.2 Å². The predicted octanol–water partition coefficient (Wildman–Crippen LogP) is 2.95. The lowest BCUT2D eigenvalue weighted by atomic mass is 9.76. The Balaban J connectivity index is 1.74. The van der Waals surface area contributed by atoms with Gasteiger partial charge in [-0.15, -0.1) is 0 Å². The van der Waals surface area contributed by atoms with Crippen LogP contribution >= 0.6 is 0 Å². The average molecular weight is 278 g/mol. The highest BCUT2D eigenvalue weighted by atomic mass is 16.2. The van der Waals surface area contributed by atoms with Crippen molar-refractivity contribution >= 4 is 5.91 Å². The minimum atomic E-state index is -0.0978. The van der Waals surface area contributed by atoms with E-state index < -0.39 is 0 Å². The Morgan fingerprint density at radius 1 is 1.20 bits per heavy atom. The molecule has 2 unspecified atom stereocenters. The van der Waals surface area contributed by atoms with Gasteiger partial charge in [0.2, 0.25) is 5.91 Å². The molecule has 2 atom stereocenters. The Labute approximate surface area is 123 Å². The van der Waals surface area contributed by atoms with Gasteiger partial charge >= 0.3 is 0 Å². The first-order valence-electron chi connectivity index (χ1n) is 8.79. The SMILES string of the molecule is CCC1(C(=O)N2CCCC2C2CCCC2)CCCNC1. The fourth-order valence-electron chi connectivity index (χ4n) is 4.78. The van der Waals surface area contributed by atoms with Gasteiger partial charge in [-0.2, -0.15) is 0 Å². The normalized spacial score (nSPS) is 35.6. The summed E-state index contributed by atoms with van der Waals surface area (Å²) in [5.74, 6) is 1.27. The Morgan fingerprint density at radius 2 is 2.00 bits per heavy atom. The summed E-state index contributed by atoms with van der Waals surface area (Å²) in [6.07, 6.45) is 11.2. The van der Waals surface area contributed by atoms with Crippen molar-refractivity contribution < 1.29 is 4.79 Å². The van der Waals surface area contributed by atoms with E-state index in [4.69, 9.17) is 0 Å². The van der Waals surface area contributed by atoms with E-state index in [1.54, 1.807) is 0 Å². The van der Waals surface area contributed by atoms with E-state index in [1.807, 2.05) is 0 Å². The molecule has 1 amide bonds. The van der Waals surface area contributed by atoms with Crippen LogP contribution in [0.15, 0.2) is 0 Å². The molecule has 3 nitrogen and oxygen atoms in total. The van der Waals surface area contributed by atoms with Gasteiger partial charge in [0.15, 0.2) is 0 Å². The van der Waals surface area contributed by atoms with Crippen LogP contribution in [0, 0.1) is 11.3 Å². The van der Waals surface area contributed by atoms with Gasteiger partial charge in [-0.25, -0.2) is 0 Å². The summed E-state index contributed by atoms with van der Waals surface area (Å²) in [6, 6.07) is 0.565. The number of carbonyl (C=O) groups is 1. The molecule has 2 aliphatic heterocycles. The van der Waals surface area contributed by atoms with Crippen LogP contribution in [0.5, 0.6) is 0 Å². The second kappa shape index (κ2) is 6.05. The molecule has 0 aromatic rings. The van der Waals surface area contributed by atoms with E-state index in [9.17, 15) is 4.79 Å². The van der Waals surface area contributed by atoms with Gasteiger partial charge in [0, 0.05) is 19.1 Å². The van der Waals surface area contributed by atoms with Crippen molar-refractivity contribution in [3.05, 3.63) is 0 Å². The van der Waals surface area contributed by atoms with E-state index in [-0.39, 0.29) is 5.41 Å². The van der Waals surface area contributed by atoms with Crippen LogP contribution in [0.2, 0.25) is 0 Å². The summed E-state index contributed by atoms with van der Waals surface area (Å²) in [7, 11) is 0. The van der Waals surface area contributed by atoms with Crippen LogP contribution in [0.25, 0.3) is 0 Å². The summed E-state index contributed by atoms with van der Waals surface area (Å²) in [6.45, 7) is 5.20. The Bertz CT molecular complexity index is 343. The van der Waals surface area contributed by atoms with Crippen LogP contribution in [0.3, 0.4) is 0 Å². The Hall–Kier alpha value is -0.570. The number of rotatable bonds is 3. The summed E-state index contributed by atoms with van der Waals surface area (Å²) >= 11 is 0. The topological polar surface area (TPSA) is 32.3 Å². The largest absolute Gasteiger partial charge is 0.339 e. The zero-order valence-corrected chi connectivity index (χ0v) is 13.0. The summed E-state index contributed by atoms with van der Waals surface area (Å²) < 4.78 is 0. The fourth-order valence-corrected chi connectivity index (χ4v) is 4.78. The minimum absolute atomic E-state index is 0.0978. The molecule has 0 aromatic heterocycles. The van der Waals surface area contributed by atoms with E-state index in [0.717, 1.165) is 44.8 Å². The lowest BCUT2D eigenvalue weighted by Gasteiger charge is -2.41. The molecule has 1 N–H and O–H groups in total. The molecule has 3 aliphatic rings. The van der Waals surface area contributed by atoms with E-state index in [0.29, 0.717) is 11.9 Å². The monoisotopic (exact) mass is 278 g/mol. The molecular weight excluding hydrogens is 248 g/mol. The fraction of sp³-hybridized carbons (Fsp3) is 0.941. The number of hydrogen-bond acceptors (Lipinski definition) is 2. The highest BCUT2D eigenvalue weighted by molar-refractivity contribution is 5.83. The first kappa shape index (κ1) is 14.4. The van der Waals surface area contributed by atoms with Gasteiger partial charge in [-0.1, -0.05) is 19.8 Å². The molecule has 0 bridgehead atoms.